The first kappa shape index (κ1) is 19.8. The van der Waals surface area contributed by atoms with Gasteiger partial charge in [0.05, 0.1) is 11.6 Å². The number of carbonyl (C=O) groups excluding carboxylic acids is 1. The first-order valence-corrected chi connectivity index (χ1v) is 7.77. The Labute approximate surface area is 147 Å². The van der Waals surface area contributed by atoms with Crippen molar-refractivity contribution in [3.05, 3.63) is 65.2 Å². The lowest BCUT2D eigenvalue weighted by atomic mass is 10.1. The molecule has 0 saturated heterocycles. The van der Waals surface area contributed by atoms with Crippen molar-refractivity contribution in [3.63, 3.8) is 0 Å². The minimum atomic E-state index is -4.45. The van der Waals surface area contributed by atoms with Crippen LogP contribution in [0.1, 0.15) is 31.0 Å². The van der Waals surface area contributed by atoms with Gasteiger partial charge in [0.15, 0.2) is 0 Å². The van der Waals surface area contributed by atoms with Crippen molar-refractivity contribution in [2.75, 3.05) is 5.32 Å². The molecule has 26 heavy (non-hydrogen) atoms. The minimum Gasteiger partial charge on any atom is -0.325 e. The molecule has 0 aliphatic carbocycles. The molecule has 0 saturated carbocycles. The molecule has 0 spiro atoms. The van der Waals surface area contributed by atoms with Gasteiger partial charge < -0.3 is 5.32 Å². The van der Waals surface area contributed by atoms with Gasteiger partial charge in [0.2, 0.25) is 5.91 Å². The second-order valence-electron chi connectivity index (χ2n) is 5.84. The Morgan fingerprint density at radius 1 is 1.00 bits per heavy atom. The Kier molecular flexibility index (Phi) is 5.97. The standard InChI is InChI=1S/C18H17F5N2O/c1-10(15-8-5-13(19)9-16(15)20)24-11(2)17(26)25-14-6-3-12(4-7-14)18(21,22)23/h3-11,24H,1-2H3,(H,25,26)/t10-,11-/m0/s1. The molecule has 0 fully saturated rings. The maximum atomic E-state index is 13.8. The molecule has 3 nitrogen and oxygen atoms in total. The summed E-state index contributed by atoms with van der Waals surface area (Å²) in [6, 6.07) is 5.83. The molecule has 8 heteroatoms. The van der Waals surface area contributed by atoms with Crippen LogP contribution in [0, 0.1) is 11.6 Å². The molecule has 1 amide bonds. The lowest BCUT2D eigenvalue weighted by molar-refractivity contribution is -0.137. The summed E-state index contributed by atoms with van der Waals surface area (Å²) in [6.07, 6.45) is -4.45. The Bertz CT molecular complexity index is 774. The molecule has 0 heterocycles. The van der Waals surface area contributed by atoms with Crippen molar-refractivity contribution in [2.24, 2.45) is 0 Å². The second-order valence-corrected chi connectivity index (χ2v) is 5.84. The van der Waals surface area contributed by atoms with E-state index in [9.17, 15) is 26.7 Å². The number of hydrogen-bond acceptors (Lipinski definition) is 2. The zero-order valence-electron chi connectivity index (χ0n) is 14.0. The quantitative estimate of drug-likeness (QED) is 0.750. The number of halogens is 5. The molecule has 2 aromatic carbocycles. The second kappa shape index (κ2) is 7.82. The van der Waals surface area contributed by atoms with Crippen LogP contribution in [-0.4, -0.2) is 11.9 Å². The number of hydrogen-bond donors (Lipinski definition) is 2. The van der Waals surface area contributed by atoms with Gasteiger partial charge in [-0.15, -0.1) is 0 Å². The third-order valence-corrected chi connectivity index (χ3v) is 3.80. The maximum absolute atomic E-state index is 13.8. The average molecular weight is 372 g/mol. The van der Waals surface area contributed by atoms with Gasteiger partial charge in [-0.25, -0.2) is 8.78 Å². The highest BCUT2D eigenvalue weighted by molar-refractivity contribution is 5.94. The average Bonchev–Trinajstić information content (AvgIpc) is 2.54. The van der Waals surface area contributed by atoms with E-state index in [4.69, 9.17) is 0 Å². The van der Waals surface area contributed by atoms with Crippen molar-refractivity contribution in [3.8, 4) is 0 Å². The first-order valence-electron chi connectivity index (χ1n) is 7.77. The first-order chi connectivity index (χ1) is 12.1. The van der Waals surface area contributed by atoms with Crippen LogP contribution in [-0.2, 0) is 11.0 Å². The van der Waals surface area contributed by atoms with Crippen LogP contribution in [0.5, 0.6) is 0 Å². The summed E-state index contributed by atoms with van der Waals surface area (Å²) in [5.41, 5.74) is -0.417. The normalized spacial score (nSPS) is 14.0. The molecule has 0 aromatic heterocycles. The van der Waals surface area contributed by atoms with Crippen LogP contribution >= 0.6 is 0 Å². The summed E-state index contributed by atoms with van der Waals surface area (Å²) in [7, 11) is 0. The predicted molar refractivity (Wildman–Crippen MR) is 87.4 cm³/mol. The molecule has 0 aliphatic heterocycles. The highest BCUT2D eigenvalue weighted by Crippen LogP contribution is 2.29. The fourth-order valence-electron chi connectivity index (χ4n) is 2.39. The van der Waals surface area contributed by atoms with Crippen LogP contribution in [0.3, 0.4) is 0 Å². The van der Waals surface area contributed by atoms with Crippen LogP contribution in [0.25, 0.3) is 0 Å². The Balaban J connectivity index is 1.98. The zero-order valence-corrected chi connectivity index (χ0v) is 14.0. The van der Waals surface area contributed by atoms with E-state index in [1.807, 2.05) is 0 Å². The Morgan fingerprint density at radius 3 is 2.15 bits per heavy atom. The SMILES string of the molecule is C[C@H](N[C@@H](C)c1ccc(F)cc1F)C(=O)Nc1ccc(C(F)(F)F)cc1. The number of nitrogens with one attached hydrogen (secondary N) is 2. The van der Waals surface area contributed by atoms with Gasteiger partial charge >= 0.3 is 6.18 Å². The molecule has 2 atom stereocenters. The van der Waals surface area contributed by atoms with Gasteiger partial charge in [-0.05, 0) is 44.2 Å². The van der Waals surface area contributed by atoms with Crippen molar-refractivity contribution < 1.29 is 26.7 Å². The van der Waals surface area contributed by atoms with Gasteiger partial charge in [-0.1, -0.05) is 6.07 Å². The summed E-state index contributed by atoms with van der Waals surface area (Å²) >= 11 is 0. The Morgan fingerprint density at radius 2 is 1.62 bits per heavy atom. The fourth-order valence-corrected chi connectivity index (χ4v) is 2.39. The smallest absolute Gasteiger partial charge is 0.325 e. The summed E-state index contributed by atoms with van der Waals surface area (Å²) in [4.78, 5) is 12.2. The summed E-state index contributed by atoms with van der Waals surface area (Å²) < 4.78 is 64.3. The third kappa shape index (κ3) is 5.01. The van der Waals surface area contributed by atoms with E-state index >= 15 is 0 Å². The highest BCUT2D eigenvalue weighted by atomic mass is 19.4. The number of carbonyl (C=O) groups is 1. The molecule has 140 valence electrons. The summed E-state index contributed by atoms with van der Waals surface area (Å²) in [6.45, 7) is 3.13. The van der Waals surface area contributed by atoms with Crippen LogP contribution in [0.15, 0.2) is 42.5 Å². The molecule has 0 bridgehead atoms. The van der Waals surface area contributed by atoms with Crippen molar-refractivity contribution in [1.82, 2.24) is 5.32 Å². The largest absolute Gasteiger partial charge is 0.416 e. The van der Waals surface area contributed by atoms with E-state index in [1.165, 1.54) is 13.0 Å². The van der Waals surface area contributed by atoms with Crippen molar-refractivity contribution >= 4 is 11.6 Å². The van der Waals surface area contributed by atoms with Gasteiger partial charge in [0, 0.05) is 23.4 Å². The molecular weight excluding hydrogens is 355 g/mol. The molecule has 0 aliphatic rings. The third-order valence-electron chi connectivity index (χ3n) is 3.80. The number of rotatable bonds is 5. The molecule has 2 rings (SSSR count). The number of amides is 1. The van der Waals surface area contributed by atoms with Crippen molar-refractivity contribution in [1.29, 1.82) is 0 Å². The van der Waals surface area contributed by atoms with Crippen LogP contribution in [0.4, 0.5) is 27.6 Å². The van der Waals surface area contributed by atoms with E-state index in [2.05, 4.69) is 10.6 Å². The molecule has 0 unspecified atom stereocenters. The molecule has 2 aromatic rings. The van der Waals surface area contributed by atoms with Crippen LogP contribution < -0.4 is 10.6 Å². The number of benzene rings is 2. The van der Waals surface area contributed by atoms with Gasteiger partial charge in [-0.2, -0.15) is 13.2 Å². The highest BCUT2D eigenvalue weighted by Gasteiger charge is 2.30. The molecule has 0 radical (unpaired) electrons. The van der Waals surface area contributed by atoms with E-state index < -0.39 is 41.4 Å². The lowest BCUT2D eigenvalue weighted by Crippen LogP contribution is -2.39. The molecular formula is C18H17F5N2O. The van der Waals surface area contributed by atoms with E-state index in [0.717, 1.165) is 36.4 Å². The van der Waals surface area contributed by atoms with Gasteiger partial charge in [0.1, 0.15) is 11.6 Å². The van der Waals surface area contributed by atoms with E-state index in [1.54, 1.807) is 6.92 Å². The monoisotopic (exact) mass is 372 g/mol. The van der Waals surface area contributed by atoms with Gasteiger partial charge in [-0.3, -0.25) is 10.1 Å². The minimum absolute atomic E-state index is 0.195. The van der Waals surface area contributed by atoms with Gasteiger partial charge in [0.25, 0.3) is 0 Å². The van der Waals surface area contributed by atoms with Crippen LogP contribution in [0.2, 0.25) is 0 Å². The predicted octanol–water partition coefficient (Wildman–Crippen LogP) is 4.66. The summed E-state index contributed by atoms with van der Waals surface area (Å²) in [5, 5.41) is 5.34. The number of anilines is 1. The topological polar surface area (TPSA) is 41.1 Å². The fraction of sp³-hybridized carbons (Fsp3) is 0.278. The Hall–Kier alpha value is -2.48. The number of alkyl halides is 3. The molecule has 2 N–H and O–H groups in total. The van der Waals surface area contributed by atoms with E-state index in [0.29, 0.717) is 0 Å². The summed E-state index contributed by atoms with van der Waals surface area (Å²) in [5.74, 6) is -1.94. The van der Waals surface area contributed by atoms with E-state index in [-0.39, 0.29) is 11.3 Å². The lowest BCUT2D eigenvalue weighted by Gasteiger charge is -2.20. The maximum Gasteiger partial charge on any atom is 0.416 e. The van der Waals surface area contributed by atoms with Crippen molar-refractivity contribution in [2.45, 2.75) is 32.1 Å². The zero-order chi connectivity index (χ0) is 19.5.